The average Bonchev–Trinajstić information content (AvgIpc) is 2.37. The summed E-state index contributed by atoms with van der Waals surface area (Å²) in [6.07, 6.45) is -0.846. The molecule has 0 spiro atoms. The second kappa shape index (κ2) is 6.90. The molecule has 0 aliphatic carbocycles. The van der Waals surface area contributed by atoms with Crippen LogP contribution in [0.1, 0.15) is 13.8 Å². The third-order valence-electron chi connectivity index (χ3n) is 2.33. The highest BCUT2D eigenvalue weighted by Crippen LogP contribution is 2.05. The van der Waals surface area contributed by atoms with Crippen molar-refractivity contribution in [3.05, 3.63) is 30.3 Å². The predicted octanol–water partition coefficient (Wildman–Crippen LogP) is 1.33. The average molecular weight is 299 g/mol. The minimum atomic E-state index is -3.37. The smallest absolute Gasteiger partial charge is 0.384 e. The molecule has 0 saturated carbocycles. The highest BCUT2D eigenvalue weighted by Gasteiger charge is 2.18. The minimum Gasteiger partial charge on any atom is -0.384 e. The monoisotopic (exact) mass is 299 g/mol. The van der Waals surface area contributed by atoms with Gasteiger partial charge in [-0.25, -0.2) is 13.2 Å². The summed E-state index contributed by atoms with van der Waals surface area (Å²) in [5, 5.41) is 5.13. The lowest BCUT2D eigenvalue weighted by atomic mass is 10.3. The van der Waals surface area contributed by atoms with Gasteiger partial charge >= 0.3 is 6.09 Å². The maximum atomic E-state index is 11.6. The van der Waals surface area contributed by atoms with Crippen molar-refractivity contribution in [3.8, 4) is 0 Å². The first-order chi connectivity index (χ1) is 9.31. The van der Waals surface area contributed by atoms with Crippen LogP contribution in [0.15, 0.2) is 35.5 Å². The summed E-state index contributed by atoms with van der Waals surface area (Å²) in [5.74, 6) is -0.731. The van der Waals surface area contributed by atoms with Crippen LogP contribution in [0, 0.1) is 0 Å². The number of benzene rings is 1. The Kier molecular flexibility index (Phi) is 5.51. The number of amidine groups is 1. The molecule has 0 atom stereocenters. The van der Waals surface area contributed by atoms with Crippen molar-refractivity contribution < 1.29 is 18.0 Å². The highest BCUT2D eigenvalue weighted by molar-refractivity contribution is 7.92. The van der Waals surface area contributed by atoms with Crippen LogP contribution in [0.25, 0.3) is 0 Å². The molecule has 0 heterocycles. The number of hydrogen-bond donors (Lipinski definition) is 2. The number of sulfone groups is 1. The summed E-state index contributed by atoms with van der Waals surface area (Å²) >= 11 is 0. The van der Waals surface area contributed by atoms with Gasteiger partial charge in [0.25, 0.3) is 0 Å². The molecule has 1 rings (SSSR count). The molecule has 0 aromatic heterocycles. The van der Waals surface area contributed by atoms with Crippen molar-refractivity contribution in [3.63, 3.8) is 0 Å². The Balaban J connectivity index is 2.53. The van der Waals surface area contributed by atoms with E-state index >= 15 is 0 Å². The molecule has 1 amide bonds. The third-order valence-corrected chi connectivity index (χ3v) is 4.47. The highest BCUT2D eigenvalue weighted by atomic mass is 32.2. The van der Waals surface area contributed by atoms with Crippen LogP contribution in [-0.4, -0.2) is 31.3 Å². The largest absolute Gasteiger partial charge is 0.437 e. The number of carbonyl (C=O) groups excluding carboxylic acids is 1. The van der Waals surface area contributed by atoms with Gasteiger partial charge in [-0.05, 0) is 26.0 Å². The number of para-hydroxylation sites is 1. The van der Waals surface area contributed by atoms with Crippen LogP contribution in [0.2, 0.25) is 0 Å². The Morgan fingerprint density at radius 2 is 1.95 bits per heavy atom. The number of oxime groups is 1. The summed E-state index contributed by atoms with van der Waals surface area (Å²) in [4.78, 5) is 15.9. The van der Waals surface area contributed by atoms with Crippen molar-refractivity contribution in [2.75, 3.05) is 11.1 Å². The Labute approximate surface area is 117 Å². The molecule has 0 fully saturated rings. The fourth-order valence-electron chi connectivity index (χ4n) is 1.16. The first-order valence-corrected chi connectivity index (χ1v) is 7.60. The van der Waals surface area contributed by atoms with Crippen LogP contribution in [0.3, 0.4) is 0 Å². The van der Waals surface area contributed by atoms with Crippen molar-refractivity contribution in [2.24, 2.45) is 10.9 Å². The van der Waals surface area contributed by atoms with Crippen molar-refractivity contribution in [1.82, 2.24) is 0 Å². The second-order valence-corrected chi connectivity index (χ2v) is 6.87. The molecule has 0 aliphatic heterocycles. The fourth-order valence-corrected chi connectivity index (χ4v) is 1.96. The Morgan fingerprint density at radius 1 is 1.35 bits per heavy atom. The molecular weight excluding hydrogens is 282 g/mol. The lowest BCUT2D eigenvalue weighted by molar-refractivity contribution is 0.166. The van der Waals surface area contributed by atoms with Crippen molar-refractivity contribution in [1.29, 1.82) is 0 Å². The van der Waals surface area contributed by atoms with Crippen LogP contribution in [0.4, 0.5) is 10.5 Å². The maximum Gasteiger partial charge on any atom is 0.437 e. The number of amides is 1. The van der Waals surface area contributed by atoms with Gasteiger partial charge < -0.3 is 5.73 Å². The Bertz CT molecular complexity index is 582. The van der Waals surface area contributed by atoms with Crippen LogP contribution < -0.4 is 11.1 Å². The van der Waals surface area contributed by atoms with Crippen LogP contribution in [0.5, 0.6) is 0 Å². The Hall–Kier alpha value is -2.09. The summed E-state index contributed by atoms with van der Waals surface area (Å²) < 4.78 is 23.1. The summed E-state index contributed by atoms with van der Waals surface area (Å²) in [6, 6.07) is 8.60. The van der Waals surface area contributed by atoms with E-state index in [0.717, 1.165) is 0 Å². The molecule has 1 aromatic rings. The Morgan fingerprint density at radius 3 is 2.50 bits per heavy atom. The lowest BCUT2D eigenvalue weighted by Crippen LogP contribution is -2.29. The van der Waals surface area contributed by atoms with Gasteiger partial charge in [0.1, 0.15) is 5.75 Å². The van der Waals surface area contributed by atoms with E-state index in [2.05, 4.69) is 15.3 Å². The normalized spacial score (nSPS) is 12.2. The minimum absolute atomic E-state index is 0.276. The van der Waals surface area contributed by atoms with Crippen LogP contribution >= 0.6 is 0 Å². The lowest BCUT2D eigenvalue weighted by Gasteiger charge is -2.06. The molecule has 0 radical (unpaired) electrons. The molecule has 0 unspecified atom stereocenters. The maximum absolute atomic E-state index is 11.6. The molecule has 1 aromatic carbocycles. The quantitative estimate of drug-likeness (QED) is 0.369. The standard InChI is InChI=1S/C12H17N3O4S/c1-9(2)20(17,18)8-11(13)15-19-12(16)14-10-6-4-3-5-7-10/h3-7,9H,8H2,1-2H3,(H2,13,15)(H,14,16). The molecule has 20 heavy (non-hydrogen) atoms. The first kappa shape index (κ1) is 16.0. The number of anilines is 1. The van der Waals surface area contributed by atoms with E-state index in [4.69, 9.17) is 5.73 Å². The summed E-state index contributed by atoms with van der Waals surface area (Å²) in [7, 11) is -3.37. The van der Waals surface area contributed by atoms with Gasteiger partial charge in [0.05, 0.1) is 5.25 Å². The zero-order valence-corrected chi connectivity index (χ0v) is 12.1. The van der Waals surface area contributed by atoms with Gasteiger partial charge in [-0.3, -0.25) is 10.2 Å². The molecule has 3 N–H and O–H groups in total. The molecular formula is C12H17N3O4S. The second-order valence-electron chi connectivity index (χ2n) is 4.31. The van der Waals surface area contributed by atoms with Crippen LogP contribution in [-0.2, 0) is 14.7 Å². The molecule has 8 heteroatoms. The zero-order chi connectivity index (χ0) is 15.2. The van der Waals surface area contributed by atoms with E-state index in [-0.39, 0.29) is 5.84 Å². The van der Waals surface area contributed by atoms with E-state index in [0.29, 0.717) is 5.69 Å². The number of nitrogens with two attached hydrogens (primary N) is 1. The van der Waals surface area contributed by atoms with Gasteiger partial charge in [-0.15, -0.1) is 0 Å². The fraction of sp³-hybridized carbons (Fsp3) is 0.333. The third kappa shape index (κ3) is 5.27. The summed E-state index contributed by atoms with van der Waals surface area (Å²) in [5.41, 5.74) is 5.93. The van der Waals surface area contributed by atoms with E-state index in [1.54, 1.807) is 30.3 Å². The number of carbonyl (C=O) groups is 1. The van der Waals surface area contributed by atoms with Gasteiger partial charge in [0.15, 0.2) is 15.7 Å². The van der Waals surface area contributed by atoms with E-state index in [1.165, 1.54) is 13.8 Å². The molecule has 7 nitrogen and oxygen atoms in total. The number of nitrogens with one attached hydrogen (secondary N) is 1. The number of rotatable bonds is 5. The number of hydrogen-bond acceptors (Lipinski definition) is 5. The zero-order valence-electron chi connectivity index (χ0n) is 11.2. The van der Waals surface area contributed by atoms with Gasteiger partial charge in [0, 0.05) is 5.69 Å². The summed E-state index contributed by atoms with van der Waals surface area (Å²) in [6.45, 7) is 3.07. The molecule has 110 valence electrons. The first-order valence-electron chi connectivity index (χ1n) is 5.88. The van der Waals surface area contributed by atoms with Gasteiger partial charge in [0.2, 0.25) is 0 Å². The molecule has 0 bridgehead atoms. The van der Waals surface area contributed by atoms with Crippen molar-refractivity contribution in [2.45, 2.75) is 19.1 Å². The van der Waals surface area contributed by atoms with E-state index in [1.807, 2.05) is 0 Å². The van der Waals surface area contributed by atoms with E-state index < -0.39 is 26.9 Å². The molecule has 0 saturated heterocycles. The van der Waals surface area contributed by atoms with Gasteiger partial charge in [-0.1, -0.05) is 23.4 Å². The van der Waals surface area contributed by atoms with Crippen molar-refractivity contribution >= 4 is 27.5 Å². The van der Waals surface area contributed by atoms with Gasteiger partial charge in [-0.2, -0.15) is 0 Å². The number of nitrogens with zero attached hydrogens (tertiary/aromatic N) is 1. The topological polar surface area (TPSA) is 111 Å². The van der Waals surface area contributed by atoms with E-state index in [9.17, 15) is 13.2 Å². The SMILES string of the molecule is CC(C)S(=O)(=O)C/C(N)=N/OC(=O)Nc1ccccc1. The predicted molar refractivity (Wildman–Crippen MR) is 77.1 cm³/mol. The molecule has 0 aliphatic rings.